The fourth-order valence-corrected chi connectivity index (χ4v) is 11.5. The topological polar surface area (TPSA) is 0 Å². The second-order valence-electron chi connectivity index (χ2n) is 14.3. The van der Waals surface area contributed by atoms with Gasteiger partial charge in [-0.05, 0) is 109 Å². The maximum atomic E-state index is 4.27. The molecule has 3 aliphatic carbocycles. The van der Waals surface area contributed by atoms with Gasteiger partial charge in [0.05, 0.1) is 10.8 Å². The lowest BCUT2D eigenvalue weighted by atomic mass is 9.51. The summed E-state index contributed by atoms with van der Waals surface area (Å²) in [5, 5.41) is 1.26. The molecule has 0 N–H and O–H groups in total. The fraction of sp³-hybridized carbons (Fsp3) is 0.0588. The van der Waals surface area contributed by atoms with E-state index in [2.05, 4.69) is 183 Å². The van der Waals surface area contributed by atoms with Gasteiger partial charge in [-0.3, -0.25) is 0 Å². The first-order valence-corrected chi connectivity index (χ1v) is 19.0. The average Bonchev–Trinajstić information content (AvgIpc) is 3.81. The zero-order valence-corrected chi connectivity index (χ0v) is 29.7. The average molecular weight is 679 g/mol. The van der Waals surface area contributed by atoms with Crippen molar-refractivity contribution >= 4 is 33.6 Å². The van der Waals surface area contributed by atoms with Gasteiger partial charge >= 0.3 is 0 Å². The molecular formula is C51H34S. The van der Waals surface area contributed by atoms with Crippen molar-refractivity contribution in [3.63, 3.8) is 0 Å². The molecule has 0 fully saturated rings. The molecule has 1 aromatic heterocycles. The summed E-state index contributed by atoms with van der Waals surface area (Å²) in [4.78, 5) is 1.25. The summed E-state index contributed by atoms with van der Waals surface area (Å²) in [5.41, 5.74) is 18.8. The highest BCUT2D eigenvalue weighted by Gasteiger charge is 2.59. The SMILES string of the molecule is C=Cc1c(/C=C\C)sc2ccc(-c3cccc4c3C3(c5ccccc5-c5ccccc53)c3ccccc3C43c4ccccc4-c4ccccc43)cc12. The Morgan fingerprint density at radius 1 is 0.481 bits per heavy atom. The highest BCUT2D eigenvalue weighted by atomic mass is 32.1. The van der Waals surface area contributed by atoms with Gasteiger partial charge in [-0.2, -0.15) is 0 Å². The highest BCUT2D eigenvalue weighted by molar-refractivity contribution is 7.20. The molecule has 8 aromatic rings. The van der Waals surface area contributed by atoms with Gasteiger partial charge in [0.2, 0.25) is 0 Å². The molecule has 0 atom stereocenters. The minimum Gasteiger partial charge on any atom is -0.135 e. The Hall–Kier alpha value is -6.02. The Morgan fingerprint density at radius 2 is 0.942 bits per heavy atom. The molecule has 7 aromatic carbocycles. The van der Waals surface area contributed by atoms with Crippen molar-refractivity contribution in [3.05, 3.63) is 225 Å². The number of hydrogen-bond acceptors (Lipinski definition) is 1. The van der Waals surface area contributed by atoms with Gasteiger partial charge in [0.15, 0.2) is 0 Å². The number of fused-ring (bicyclic) bond motifs is 17. The van der Waals surface area contributed by atoms with E-state index in [1.54, 1.807) is 0 Å². The van der Waals surface area contributed by atoms with Crippen molar-refractivity contribution < 1.29 is 0 Å². The number of thiophene rings is 1. The first kappa shape index (κ1) is 29.7. The molecule has 1 heterocycles. The van der Waals surface area contributed by atoms with E-state index >= 15 is 0 Å². The molecule has 11 rings (SSSR count). The first-order chi connectivity index (χ1) is 25.7. The summed E-state index contributed by atoms with van der Waals surface area (Å²) in [5.74, 6) is 0. The van der Waals surface area contributed by atoms with Crippen LogP contribution >= 0.6 is 11.3 Å². The lowest BCUT2D eigenvalue weighted by Crippen LogP contribution is -2.44. The normalized spacial score (nSPS) is 14.9. The molecule has 52 heavy (non-hydrogen) atoms. The van der Waals surface area contributed by atoms with Gasteiger partial charge in [0.25, 0.3) is 0 Å². The van der Waals surface area contributed by atoms with E-state index < -0.39 is 10.8 Å². The summed E-state index contributed by atoms with van der Waals surface area (Å²) in [7, 11) is 0. The number of hydrogen-bond donors (Lipinski definition) is 0. The summed E-state index contributed by atoms with van der Waals surface area (Å²) in [6, 6.07) is 60.2. The van der Waals surface area contributed by atoms with Gasteiger partial charge in [-0.15, -0.1) is 11.3 Å². The van der Waals surface area contributed by atoms with E-state index in [1.165, 1.54) is 98.4 Å². The van der Waals surface area contributed by atoms with E-state index in [0.717, 1.165) is 0 Å². The van der Waals surface area contributed by atoms with Crippen molar-refractivity contribution in [2.24, 2.45) is 0 Å². The van der Waals surface area contributed by atoms with Crippen LogP contribution in [-0.4, -0.2) is 0 Å². The van der Waals surface area contributed by atoms with Crippen LogP contribution in [0.5, 0.6) is 0 Å². The Kier molecular flexibility index (Phi) is 6.13. The molecule has 0 saturated carbocycles. The van der Waals surface area contributed by atoms with Crippen LogP contribution < -0.4 is 0 Å². The van der Waals surface area contributed by atoms with Crippen molar-refractivity contribution in [2.75, 3.05) is 0 Å². The van der Waals surface area contributed by atoms with Gasteiger partial charge in [0.1, 0.15) is 0 Å². The molecule has 0 nitrogen and oxygen atoms in total. The van der Waals surface area contributed by atoms with E-state index in [-0.39, 0.29) is 0 Å². The van der Waals surface area contributed by atoms with Crippen LogP contribution in [0.25, 0.3) is 55.6 Å². The largest absolute Gasteiger partial charge is 0.135 e. The zero-order chi connectivity index (χ0) is 34.6. The third-order valence-corrected chi connectivity index (χ3v) is 13.2. The predicted molar refractivity (Wildman–Crippen MR) is 220 cm³/mol. The van der Waals surface area contributed by atoms with E-state index in [4.69, 9.17) is 0 Å². The molecule has 0 aliphatic heterocycles. The first-order valence-electron chi connectivity index (χ1n) is 18.2. The number of allylic oxidation sites excluding steroid dienone is 1. The van der Waals surface area contributed by atoms with Crippen molar-refractivity contribution in [3.8, 4) is 33.4 Å². The monoisotopic (exact) mass is 678 g/mol. The van der Waals surface area contributed by atoms with Crippen LogP contribution in [0.1, 0.15) is 61.9 Å². The smallest absolute Gasteiger partial charge is 0.0725 e. The van der Waals surface area contributed by atoms with Crippen molar-refractivity contribution in [1.82, 2.24) is 0 Å². The van der Waals surface area contributed by atoms with Crippen LogP contribution in [0.2, 0.25) is 0 Å². The predicted octanol–water partition coefficient (Wildman–Crippen LogP) is 13.3. The molecule has 3 aliphatic rings. The summed E-state index contributed by atoms with van der Waals surface area (Å²) < 4.78 is 1.28. The third kappa shape index (κ3) is 3.47. The van der Waals surface area contributed by atoms with E-state index in [9.17, 15) is 0 Å². The number of benzene rings is 7. The Morgan fingerprint density at radius 3 is 1.48 bits per heavy atom. The Bertz CT molecular complexity index is 2750. The van der Waals surface area contributed by atoms with Crippen molar-refractivity contribution in [1.29, 1.82) is 0 Å². The molecule has 0 saturated heterocycles. The van der Waals surface area contributed by atoms with Gasteiger partial charge < -0.3 is 0 Å². The van der Waals surface area contributed by atoms with Crippen LogP contribution in [-0.2, 0) is 10.8 Å². The van der Waals surface area contributed by atoms with Gasteiger partial charge in [0, 0.05) is 15.0 Å². The second-order valence-corrected chi connectivity index (χ2v) is 15.3. The lowest BCUT2D eigenvalue weighted by Gasteiger charge is -2.49. The Labute approximate surface area is 308 Å². The molecule has 244 valence electrons. The van der Waals surface area contributed by atoms with Crippen molar-refractivity contribution in [2.45, 2.75) is 17.8 Å². The highest BCUT2D eigenvalue weighted by Crippen LogP contribution is 2.68. The standard InChI is InChI=1S/C51H34S/c1-3-16-47-33(4-2)39-31-32(29-30-48(39)52-47)34-21-15-28-46-49(34)51(42-24-11-7-19-37(42)38-20-8-12-25-43(38)51)45-27-14-13-26-44(45)50(46)40-22-9-5-17-35(40)36-18-6-10-23-41(36)50/h3-31H,2H2,1H3/b16-3-. The maximum absolute atomic E-state index is 4.27. The van der Waals surface area contributed by atoms with Crippen LogP contribution in [0.15, 0.2) is 170 Å². The number of rotatable bonds is 3. The molecule has 0 amide bonds. The van der Waals surface area contributed by atoms with E-state index in [0.29, 0.717) is 0 Å². The van der Waals surface area contributed by atoms with Crippen LogP contribution in [0.4, 0.5) is 0 Å². The molecule has 1 heteroatoms. The zero-order valence-electron chi connectivity index (χ0n) is 28.9. The Balaban J connectivity index is 1.36. The van der Waals surface area contributed by atoms with Gasteiger partial charge in [-0.1, -0.05) is 164 Å². The maximum Gasteiger partial charge on any atom is 0.0725 e. The van der Waals surface area contributed by atoms with Crippen LogP contribution in [0, 0.1) is 0 Å². The molecule has 0 radical (unpaired) electrons. The lowest BCUT2D eigenvalue weighted by molar-refractivity contribution is 0.634. The third-order valence-electron chi connectivity index (χ3n) is 12.1. The minimum atomic E-state index is -0.533. The summed E-state index contributed by atoms with van der Waals surface area (Å²) >= 11 is 1.84. The minimum absolute atomic E-state index is 0.495. The van der Waals surface area contributed by atoms with Crippen LogP contribution in [0.3, 0.4) is 0 Å². The molecular weight excluding hydrogens is 645 g/mol. The fourth-order valence-electron chi connectivity index (χ4n) is 10.3. The summed E-state index contributed by atoms with van der Waals surface area (Å²) in [6.07, 6.45) is 6.36. The van der Waals surface area contributed by atoms with Gasteiger partial charge in [-0.25, -0.2) is 0 Å². The quantitative estimate of drug-likeness (QED) is 0.174. The van der Waals surface area contributed by atoms with E-state index in [1.807, 2.05) is 17.4 Å². The molecule has 0 unspecified atom stereocenters. The molecule has 2 spiro atoms. The second kappa shape index (κ2) is 10.7. The molecule has 0 bridgehead atoms. The summed E-state index contributed by atoms with van der Waals surface area (Å²) in [6.45, 7) is 6.35.